The van der Waals surface area contributed by atoms with Crippen LogP contribution in [0.4, 0.5) is 4.79 Å². The minimum absolute atomic E-state index is 0.276. The van der Waals surface area contributed by atoms with Gasteiger partial charge in [-0.1, -0.05) is 45.3 Å². The summed E-state index contributed by atoms with van der Waals surface area (Å²) in [6.45, 7) is 11.6. The van der Waals surface area contributed by atoms with Crippen LogP contribution >= 0.6 is 11.9 Å². The highest BCUT2D eigenvalue weighted by molar-refractivity contribution is 7.97. The van der Waals surface area contributed by atoms with Gasteiger partial charge in [-0.3, -0.25) is 0 Å². The predicted molar refractivity (Wildman–Crippen MR) is 105 cm³/mol. The second-order valence-electron chi connectivity index (χ2n) is 6.73. The third-order valence-electron chi connectivity index (χ3n) is 3.14. The largest absolute Gasteiger partial charge is 0.464 e. The molecule has 0 aromatic heterocycles. The monoisotopic (exact) mass is 373 g/mol. The van der Waals surface area contributed by atoms with Crippen LogP contribution in [-0.4, -0.2) is 40.4 Å². The van der Waals surface area contributed by atoms with Gasteiger partial charge < -0.3 is 9.47 Å². The predicted octanol–water partition coefficient (Wildman–Crippen LogP) is 5.35. The highest BCUT2D eigenvalue weighted by Crippen LogP contribution is 2.23. The fourth-order valence-corrected chi connectivity index (χ4v) is 2.98. The number of rotatable bonds is 11. The summed E-state index contributed by atoms with van der Waals surface area (Å²) in [6.07, 6.45) is 8.30. The van der Waals surface area contributed by atoms with Gasteiger partial charge in [-0.2, -0.15) is 0 Å². The average molecular weight is 374 g/mol. The van der Waals surface area contributed by atoms with Gasteiger partial charge in [-0.05, 0) is 52.5 Å². The first kappa shape index (κ1) is 23.8. The third-order valence-corrected chi connectivity index (χ3v) is 4.26. The average Bonchev–Trinajstić information content (AvgIpc) is 2.51. The standard InChI is InChI=1S/C19H35NO4S/c1-7-10-12-13-15-25-20(18(22)24-19(4,5)6)16(14-11-8-2)17(21)23-9-3/h11,14,16H,7-10,12-13,15H2,1-6H3/b14-11+/t16-/m1/s1. The van der Waals surface area contributed by atoms with E-state index < -0.39 is 23.7 Å². The van der Waals surface area contributed by atoms with Crippen molar-refractivity contribution in [2.24, 2.45) is 0 Å². The van der Waals surface area contributed by atoms with Crippen LogP contribution in [-0.2, 0) is 14.3 Å². The van der Waals surface area contributed by atoms with Crippen molar-refractivity contribution >= 4 is 24.0 Å². The number of unbranched alkanes of at least 4 members (excludes halogenated alkanes) is 3. The molecule has 5 nitrogen and oxygen atoms in total. The summed E-state index contributed by atoms with van der Waals surface area (Å²) in [5.41, 5.74) is -0.619. The molecule has 0 fully saturated rings. The van der Waals surface area contributed by atoms with Crippen molar-refractivity contribution in [3.63, 3.8) is 0 Å². The molecule has 25 heavy (non-hydrogen) atoms. The first-order valence-corrected chi connectivity index (χ1v) is 10.2. The first-order valence-electron chi connectivity index (χ1n) is 9.25. The van der Waals surface area contributed by atoms with Crippen molar-refractivity contribution < 1.29 is 19.1 Å². The van der Waals surface area contributed by atoms with Crippen LogP contribution in [0.1, 0.15) is 73.6 Å². The van der Waals surface area contributed by atoms with Gasteiger partial charge in [0.25, 0.3) is 0 Å². The number of carbonyl (C=O) groups is 2. The Labute approximate surface area is 157 Å². The van der Waals surface area contributed by atoms with Crippen molar-refractivity contribution in [2.45, 2.75) is 85.3 Å². The van der Waals surface area contributed by atoms with Crippen LogP contribution in [0.5, 0.6) is 0 Å². The Hall–Kier alpha value is -1.17. The molecule has 0 unspecified atom stereocenters. The van der Waals surface area contributed by atoms with E-state index in [9.17, 15) is 9.59 Å². The molecule has 6 heteroatoms. The zero-order valence-electron chi connectivity index (χ0n) is 16.7. The van der Waals surface area contributed by atoms with Crippen molar-refractivity contribution in [3.05, 3.63) is 12.2 Å². The molecule has 0 radical (unpaired) electrons. The van der Waals surface area contributed by atoms with E-state index in [0.29, 0.717) is 0 Å². The minimum Gasteiger partial charge on any atom is -0.464 e. The zero-order valence-corrected chi connectivity index (χ0v) is 17.5. The second-order valence-corrected chi connectivity index (χ2v) is 7.79. The lowest BCUT2D eigenvalue weighted by Crippen LogP contribution is -2.43. The number of ether oxygens (including phenoxy) is 2. The smallest absolute Gasteiger partial charge is 0.421 e. The molecule has 0 rings (SSSR count). The zero-order chi connectivity index (χ0) is 19.3. The van der Waals surface area contributed by atoms with Crippen LogP contribution in [0.3, 0.4) is 0 Å². The van der Waals surface area contributed by atoms with Gasteiger partial charge in [0.05, 0.1) is 6.61 Å². The van der Waals surface area contributed by atoms with Crippen molar-refractivity contribution in [1.29, 1.82) is 0 Å². The lowest BCUT2D eigenvalue weighted by molar-refractivity contribution is -0.145. The summed E-state index contributed by atoms with van der Waals surface area (Å²) in [4.78, 5) is 25.0. The van der Waals surface area contributed by atoms with Gasteiger partial charge in [0.15, 0.2) is 6.04 Å². The molecule has 0 saturated heterocycles. The Balaban J connectivity index is 5.20. The molecular weight excluding hydrogens is 338 g/mol. The number of nitrogens with zero attached hydrogens (tertiary/aromatic N) is 1. The maximum absolute atomic E-state index is 12.6. The van der Waals surface area contributed by atoms with Gasteiger partial charge in [-0.25, -0.2) is 13.9 Å². The summed E-state index contributed by atoms with van der Waals surface area (Å²) in [6, 6.07) is -0.772. The third kappa shape index (κ3) is 11.1. The van der Waals surface area contributed by atoms with E-state index in [0.717, 1.165) is 31.4 Å². The Bertz CT molecular complexity index is 418. The number of amides is 1. The molecule has 0 bridgehead atoms. The van der Waals surface area contributed by atoms with Crippen LogP contribution in [0.15, 0.2) is 12.2 Å². The van der Waals surface area contributed by atoms with Crippen LogP contribution in [0.25, 0.3) is 0 Å². The van der Waals surface area contributed by atoms with Gasteiger partial charge in [-0.15, -0.1) is 0 Å². The van der Waals surface area contributed by atoms with E-state index in [-0.39, 0.29) is 6.61 Å². The van der Waals surface area contributed by atoms with Gasteiger partial charge in [0, 0.05) is 5.75 Å². The van der Waals surface area contributed by atoms with E-state index in [4.69, 9.17) is 9.47 Å². The summed E-state index contributed by atoms with van der Waals surface area (Å²) in [5, 5.41) is 0. The van der Waals surface area contributed by atoms with E-state index in [1.807, 2.05) is 33.8 Å². The maximum Gasteiger partial charge on any atom is 0.421 e. The van der Waals surface area contributed by atoms with Crippen LogP contribution in [0, 0.1) is 0 Å². The Morgan fingerprint density at radius 3 is 2.32 bits per heavy atom. The van der Waals surface area contributed by atoms with Crippen molar-refractivity contribution in [1.82, 2.24) is 4.31 Å². The van der Waals surface area contributed by atoms with E-state index in [1.165, 1.54) is 22.7 Å². The fourth-order valence-electron chi connectivity index (χ4n) is 1.99. The summed E-state index contributed by atoms with van der Waals surface area (Å²) < 4.78 is 12.1. The number of carbonyl (C=O) groups excluding carboxylic acids is 2. The molecule has 0 aliphatic carbocycles. The quantitative estimate of drug-likeness (QED) is 0.211. The molecule has 146 valence electrons. The molecule has 1 atom stereocenters. The van der Waals surface area contributed by atoms with Gasteiger partial charge >= 0.3 is 12.1 Å². The second kappa shape index (κ2) is 13.1. The Kier molecular flexibility index (Phi) is 12.5. The van der Waals surface area contributed by atoms with Crippen molar-refractivity contribution in [3.8, 4) is 0 Å². The van der Waals surface area contributed by atoms with Crippen LogP contribution in [0.2, 0.25) is 0 Å². The van der Waals surface area contributed by atoms with Gasteiger partial charge in [0.2, 0.25) is 0 Å². The number of allylic oxidation sites excluding steroid dienone is 1. The molecule has 0 aromatic rings. The summed E-state index contributed by atoms with van der Waals surface area (Å²) >= 11 is 1.34. The van der Waals surface area contributed by atoms with E-state index >= 15 is 0 Å². The molecule has 0 saturated carbocycles. The van der Waals surface area contributed by atoms with E-state index in [2.05, 4.69) is 6.92 Å². The highest BCUT2D eigenvalue weighted by Gasteiger charge is 2.33. The topological polar surface area (TPSA) is 55.8 Å². The fraction of sp³-hybridized carbons (Fsp3) is 0.789. The molecule has 0 heterocycles. The molecule has 0 spiro atoms. The van der Waals surface area contributed by atoms with E-state index in [1.54, 1.807) is 13.0 Å². The number of hydrogen-bond donors (Lipinski definition) is 0. The molecule has 1 amide bonds. The summed E-state index contributed by atoms with van der Waals surface area (Å²) in [5.74, 6) is 0.328. The molecular formula is C19H35NO4S. The lowest BCUT2D eigenvalue weighted by atomic mass is 10.2. The van der Waals surface area contributed by atoms with Gasteiger partial charge in [0.1, 0.15) is 5.60 Å². The summed E-state index contributed by atoms with van der Waals surface area (Å²) in [7, 11) is 0. The lowest BCUT2D eigenvalue weighted by Gasteiger charge is -2.30. The molecule has 0 aliphatic heterocycles. The molecule has 0 aromatic carbocycles. The highest BCUT2D eigenvalue weighted by atomic mass is 32.2. The Morgan fingerprint density at radius 2 is 1.80 bits per heavy atom. The number of esters is 1. The Morgan fingerprint density at radius 1 is 1.12 bits per heavy atom. The molecule has 0 N–H and O–H groups in total. The van der Waals surface area contributed by atoms with Crippen molar-refractivity contribution in [2.75, 3.05) is 12.4 Å². The van der Waals surface area contributed by atoms with Crippen LogP contribution < -0.4 is 0 Å². The minimum atomic E-state index is -0.772. The number of hydrogen-bond acceptors (Lipinski definition) is 5. The normalized spacial score (nSPS) is 12.9. The molecule has 0 aliphatic rings. The SMILES string of the molecule is CC/C=C/[C@H](C(=O)OCC)N(SCCCCCC)C(=O)OC(C)(C)C. The first-order chi connectivity index (χ1) is 11.8. The maximum atomic E-state index is 12.6.